The van der Waals surface area contributed by atoms with Gasteiger partial charge < -0.3 is 9.80 Å². The average Bonchev–Trinajstić information content (AvgIpc) is 2.74. The fraction of sp³-hybridized carbons (Fsp3) is 0.273. The van der Waals surface area contributed by atoms with E-state index in [1.807, 2.05) is 66.4 Å². The number of hydrogen-bond acceptors (Lipinski definition) is 2. The number of nitrogens with zero attached hydrogens (tertiary/aromatic N) is 4. The second-order valence-electron chi connectivity index (χ2n) is 7.24. The minimum Gasteiger partial charge on any atom is -0.330 e. The van der Waals surface area contributed by atoms with Gasteiger partial charge in [0.05, 0.1) is 0 Å². The maximum absolute atomic E-state index is 12.8. The molecule has 0 unspecified atom stereocenters. The molecule has 0 bridgehead atoms. The first kappa shape index (κ1) is 22.2. The summed E-state index contributed by atoms with van der Waals surface area (Å²) in [5.74, 6) is 0. The fourth-order valence-electron chi connectivity index (χ4n) is 2.96. The van der Waals surface area contributed by atoms with Gasteiger partial charge in [-0.25, -0.2) is 9.59 Å². The minimum atomic E-state index is -1.74. The van der Waals surface area contributed by atoms with E-state index in [2.05, 4.69) is 6.58 Å². The molecule has 0 atom stereocenters. The van der Waals surface area contributed by atoms with Crippen molar-refractivity contribution < 1.29 is 9.59 Å². The molecule has 29 heavy (non-hydrogen) atoms. The van der Waals surface area contributed by atoms with E-state index in [-0.39, 0.29) is 12.1 Å². The normalized spacial score (nSPS) is 10.4. The molecule has 0 aromatic heterocycles. The number of anilines is 2. The van der Waals surface area contributed by atoms with Gasteiger partial charge in [0.2, 0.25) is 0 Å². The molecule has 0 N–H and O–H groups in total. The molecule has 2 aromatic carbocycles. The lowest BCUT2D eigenvalue weighted by Gasteiger charge is -2.32. The quantitative estimate of drug-likeness (QED) is 0.657. The highest BCUT2D eigenvalue weighted by molar-refractivity contribution is 6.66. The van der Waals surface area contributed by atoms with Crippen LogP contribution in [0.3, 0.4) is 0 Å². The Morgan fingerprint density at radius 3 is 1.38 bits per heavy atom. The third-order valence-electron chi connectivity index (χ3n) is 4.53. The number of hydrogen-bond donors (Lipinski definition) is 0. The zero-order chi connectivity index (χ0) is 21.4. The van der Waals surface area contributed by atoms with Crippen LogP contribution in [0, 0.1) is 0 Å². The molecule has 2 aromatic rings. The van der Waals surface area contributed by atoms with Gasteiger partial charge in [-0.3, -0.25) is 9.80 Å². The van der Waals surface area contributed by atoms with Crippen LogP contribution >= 0.6 is 0 Å². The van der Waals surface area contributed by atoms with E-state index in [1.165, 1.54) is 0 Å². The van der Waals surface area contributed by atoms with Gasteiger partial charge >= 0.3 is 12.1 Å². The summed E-state index contributed by atoms with van der Waals surface area (Å²) >= 11 is 0. The highest BCUT2D eigenvalue weighted by Gasteiger charge is 2.26. The molecule has 7 heteroatoms. The van der Waals surface area contributed by atoms with Gasteiger partial charge in [0.1, 0.15) is 8.80 Å². The Morgan fingerprint density at radius 2 is 1.10 bits per heavy atom. The maximum atomic E-state index is 12.8. The van der Waals surface area contributed by atoms with Crippen LogP contribution in [0.4, 0.5) is 21.0 Å². The molecule has 0 heterocycles. The molecule has 0 aliphatic heterocycles. The molecule has 0 saturated heterocycles. The minimum absolute atomic E-state index is 0.0826. The number of para-hydroxylation sites is 2. The van der Waals surface area contributed by atoms with Crippen molar-refractivity contribution in [2.24, 2.45) is 0 Å². The third kappa shape index (κ3) is 5.96. The molecule has 4 amide bonds. The van der Waals surface area contributed by atoms with Crippen LogP contribution in [-0.4, -0.2) is 71.2 Å². The summed E-state index contributed by atoms with van der Waals surface area (Å²) < 4.78 is 0. The van der Waals surface area contributed by atoms with Crippen LogP contribution in [0.1, 0.15) is 0 Å². The molecule has 0 radical (unpaired) electrons. The second kappa shape index (κ2) is 10.5. The van der Waals surface area contributed by atoms with Crippen molar-refractivity contribution in [2.45, 2.75) is 0 Å². The zero-order valence-electron chi connectivity index (χ0n) is 17.7. The smallest absolute Gasteiger partial charge is 0.323 e. The first-order chi connectivity index (χ1) is 13.8. The van der Waals surface area contributed by atoms with Crippen molar-refractivity contribution in [3.63, 3.8) is 0 Å². The Morgan fingerprint density at radius 1 is 0.759 bits per heavy atom. The predicted molar refractivity (Wildman–Crippen MR) is 123 cm³/mol. The van der Waals surface area contributed by atoms with Crippen LogP contribution in [0.2, 0.25) is 0 Å². The summed E-state index contributed by atoms with van der Waals surface area (Å²) in [5, 5.41) is 0. The molecule has 0 spiro atoms. The van der Waals surface area contributed by atoms with Gasteiger partial charge in [-0.15, -0.1) is 12.3 Å². The van der Waals surface area contributed by atoms with Crippen LogP contribution in [0.25, 0.3) is 0 Å². The Labute approximate surface area is 175 Å². The maximum Gasteiger partial charge on any atom is 0.323 e. The topological polar surface area (TPSA) is 47.1 Å². The monoisotopic (exact) mass is 410 g/mol. The Balaban J connectivity index is 2.30. The van der Waals surface area contributed by atoms with Crippen molar-refractivity contribution >= 4 is 32.2 Å². The van der Waals surface area contributed by atoms with Gasteiger partial charge in [-0.05, 0) is 24.3 Å². The first-order valence-corrected chi connectivity index (χ1v) is 11.9. The van der Waals surface area contributed by atoms with E-state index in [0.717, 1.165) is 11.4 Å². The molecular formula is C22H30N4O2Si. The molecule has 0 aliphatic carbocycles. The third-order valence-corrected chi connectivity index (χ3v) is 6.87. The van der Waals surface area contributed by atoms with Crippen LogP contribution in [-0.2, 0) is 0 Å². The zero-order valence-corrected chi connectivity index (χ0v) is 18.8. The van der Waals surface area contributed by atoms with Crippen LogP contribution in [0.15, 0.2) is 72.9 Å². The van der Waals surface area contributed by atoms with Gasteiger partial charge in [0.15, 0.2) is 0 Å². The summed E-state index contributed by atoms with van der Waals surface area (Å²) in [6, 6.07) is 19.1. The average molecular weight is 411 g/mol. The van der Waals surface area contributed by atoms with Crippen molar-refractivity contribution in [1.82, 2.24) is 9.80 Å². The van der Waals surface area contributed by atoms with E-state index >= 15 is 0 Å². The van der Waals surface area contributed by atoms with Gasteiger partial charge in [-0.1, -0.05) is 36.4 Å². The molecule has 0 aliphatic rings. The predicted octanol–water partition coefficient (Wildman–Crippen LogP) is 3.39. The number of rotatable bonds is 7. The van der Waals surface area contributed by atoms with E-state index in [1.54, 1.807) is 47.8 Å². The van der Waals surface area contributed by atoms with Crippen molar-refractivity contribution in [3.05, 3.63) is 72.9 Å². The molecule has 2 rings (SSSR count). The van der Waals surface area contributed by atoms with Crippen molar-refractivity contribution in [2.75, 3.05) is 50.3 Å². The summed E-state index contributed by atoms with van der Waals surface area (Å²) in [6.45, 7) is 4.02. The Bertz CT molecular complexity index is 747. The standard InChI is InChI=1S/C22H30N4O2Si/c1-6-29(17-25(21(27)23(2)3)19-13-9-7-10-14-19)18-26(22(28)24(4)5)20-15-11-8-12-16-20/h6-16,29H,1,17-18H2,2-5H3. The first-order valence-electron chi connectivity index (χ1n) is 9.55. The lowest BCUT2D eigenvalue weighted by Crippen LogP contribution is -2.50. The fourth-order valence-corrected chi connectivity index (χ4v) is 5.05. The lowest BCUT2D eigenvalue weighted by atomic mass is 10.3. The van der Waals surface area contributed by atoms with E-state index < -0.39 is 8.80 Å². The molecule has 154 valence electrons. The Kier molecular flexibility index (Phi) is 8.03. The number of benzene rings is 2. The largest absolute Gasteiger partial charge is 0.330 e. The number of carbonyl (C=O) groups is 2. The molecule has 0 fully saturated rings. The lowest BCUT2D eigenvalue weighted by molar-refractivity contribution is 0.224. The van der Waals surface area contributed by atoms with Crippen molar-refractivity contribution in [3.8, 4) is 0 Å². The van der Waals surface area contributed by atoms with E-state index in [0.29, 0.717) is 12.3 Å². The van der Waals surface area contributed by atoms with Gasteiger partial charge in [0, 0.05) is 51.9 Å². The SMILES string of the molecule is C=C[SiH](CN(C(=O)N(C)C)c1ccccc1)CN(C(=O)N(C)C)c1ccccc1. The highest BCUT2D eigenvalue weighted by atomic mass is 28.3. The van der Waals surface area contributed by atoms with Crippen LogP contribution < -0.4 is 9.80 Å². The second-order valence-corrected chi connectivity index (χ2v) is 9.96. The summed E-state index contributed by atoms with van der Waals surface area (Å²) in [7, 11) is 5.24. The van der Waals surface area contributed by atoms with Crippen LogP contribution in [0.5, 0.6) is 0 Å². The summed E-state index contributed by atoms with van der Waals surface area (Å²) in [5.41, 5.74) is 3.63. The number of amides is 4. The van der Waals surface area contributed by atoms with Gasteiger partial charge in [-0.2, -0.15) is 0 Å². The number of urea groups is 2. The summed E-state index contributed by atoms with van der Waals surface area (Å²) in [4.78, 5) is 32.4. The number of carbonyl (C=O) groups excluding carboxylic acids is 2. The molecular weight excluding hydrogens is 380 g/mol. The van der Waals surface area contributed by atoms with Gasteiger partial charge in [0.25, 0.3) is 0 Å². The molecule has 6 nitrogen and oxygen atoms in total. The van der Waals surface area contributed by atoms with Crippen molar-refractivity contribution in [1.29, 1.82) is 0 Å². The Hall–Kier alpha value is -3.06. The highest BCUT2D eigenvalue weighted by Crippen LogP contribution is 2.18. The summed E-state index contributed by atoms with van der Waals surface area (Å²) in [6.07, 6.45) is 1.10. The molecule has 0 saturated carbocycles. The van der Waals surface area contributed by atoms with E-state index in [4.69, 9.17) is 0 Å². The van der Waals surface area contributed by atoms with E-state index in [9.17, 15) is 9.59 Å².